The Morgan fingerprint density at radius 3 is 2.35 bits per heavy atom. The van der Waals surface area contributed by atoms with Gasteiger partial charge in [-0.1, -0.05) is 18.2 Å². The van der Waals surface area contributed by atoms with Crippen molar-refractivity contribution in [2.45, 2.75) is 26.2 Å². The van der Waals surface area contributed by atoms with Crippen LogP contribution in [0.2, 0.25) is 0 Å². The number of nitrogens with zero attached hydrogens (tertiary/aromatic N) is 2. The molecule has 134 valence electrons. The van der Waals surface area contributed by atoms with Gasteiger partial charge in [-0.3, -0.25) is 4.79 Å². The fourth-order valence-corrected chi connectivity index (χ4v) is 4.00. The number of amides is 1. The van der Waals surface area contributed by atoms with E-state index in [-0.39, 0.29) is 5.91 Å². The van der Waals surface area contributed by atoms with Gasteiger partial charge in [0.1, 0.15) is 5.69 Å². The molecule has 1 saturated heterocycles. The second-order valence-corrected chi connectivity index (χ2v) is 7.10. The van der Waals surface area contributed by atoms with Crippen LogP contribution < -0.4 is 10.2 Å². The molecule has 4 rings (SSSR count). The molecule has 0 bridgehead atoms. The Hall–Kier alpha value is -2.75. The molecule has 1 aromatic heterocycles. The van der Waals surface area contributed by atoms with E-state index in [1.807, 2.05) is 48.9 Å². The van der Waals surface area contributed by atoms with Gasteiger partial charge in [-0.2, -0.15) is 0 Å². The fourth-order valence-electron chi connectivity index (χ4n) is 4.00. The maximum atomic E-state index is 12.9. The molecule has 0 saturated carbocycles. The Labute approximate surface area is 154 Å². The van der Waals surface area contributed by atoms with E-state index in [1.54, 1.807) is 0 Å². The van der Waals surface area contributed by atoms with Crippen molar-refractivity contribution in [3.05, 3.63) is 59.8 Å². The van der Waals surface area contributed by atoms with E-state index < -0.39 is 0 Å². The number of carbonyl (C=O) groups excluding carboxylic acids is 1. The maximum absolute atomic E-state index is 12.9. The van der Waals surface area contributed by atoms with Crippen molar-refractivity contribution in [2.24, 2.45) is 7.05 Å². The lowest BCUT2D eigenvalue weighted by Gasteiger charge is -2.28. The van der Waals surface area contributed by atoms with Gasteiger partial charge in [0.2, 0.25) is 0 Å². The van der Waals surface area contributed by atoms with Crippen LogP contribution in [0.3, 0.4) is 0 Å². The number of aryl methyl sites for hydroxylation is 2. The van der Waals surface area contributed by atoms with E-state index in [2.05, 4.69) is 28.4 Å². The molecule has 4 heteroatoms. The van der Waals surface area contributed by atoms with Gasteiger partial charge in [-0.25, -0.2) is 0 Å². The highest BCUT2D eigenvalue weighted by atomic mass is 16.1. The second-order valence-electron chi connectivity index (χ2n) is 7.10. The van der Waals surface area contributed by atoms with Crippen molar-refractivity contribution in [1.29, 1.82) is 0 Å². The zero-order valence-electron chi connectivity index (χ0n) is 15.5. The number of anilines is 2. The van der Waals surface area contributed by atoms with E-state index in [1.165, 1.54) is 24.9 Å². The fraction of sp³-hybridized carbons (Fsp3) is 0.318. The number of hydrogen-bond donors (Lipinski definition) is 1. The van der Waals surface area contributed by atoms with Gasteiger partial charge in [0.25, 0.3) is 5.91 Å². The summed E-state index contributed by atoms with van der Waals surface area (Å²) >= 11 is 0. The molecule has 0 aliphatic carbocycles. The molecule has 0 atom stereocenters. The van der Waals surface area contributed by atoms with Crippen LogP contribution in [0.5, 0.6) is 0 Å². The topological polar surface area (TPSA) is 37.3 Å². The molecule has 1 fully saturated rings. The lowest BCUT2D eigenvalue weighted by atomic mass is 10.1. The van der Waals surface area contributed by atoms with Crippen molar-refractivity contribution in [3.63, 3.8) is 0 Å². The summed E-state index contributed by atoms with van der Waals surface area (Å²) in [6.45, 7) is 4.26. The highest BCUT2D eigenvalue weighted by molar-refractivity contribution is 6.08. The van der Waals surface area contributed by atoms with Gasteiger partial charge in [0, 0.05) is 42.4 Å². The molecule has 0 unspecified atom stereocenters. The largest absolute Gasteiger partial charge is 0.372 e. The van der Waals surface area contributed by atoms with Gasteiger partial charge >= 0.3 is 0 Å². The number of hydrogen-bond acceptors (Lipinski definition) is 2. The van der Waals surface area contributed by atoms with E-state index >= 15 is 0 Å². The van der Waals surface area contributed by atoms with Crippen LogP contribution in [0.4, 0.5) is 11.4 Å². The molecule has 2 aromatic carbocycles. The summed E-state index contributed by atoms with van der Waals surface area (Å²) < 4.78 is 1.97. The summed E-state index contributed by atoms with van der Waals surface area (Å²) in [4.78, 5) is 15.3. The van der Waals surface area contributed by atoms with Gasteiger partial charge in [0.05, 0.1) is 0 Å². The Kier molecular flexibility index (Phi) is 4.41. The predicted octanol–water partition coefficient (Wildman–Crippen LogP) is 4.73. The van der Waals surface area contributed by atoms with Crippen molar-refractivity contribution >= 4 is 28.2 Å². The third kappa shape index (κ3) is 2.96. The molecule has 1 aliphatic rings. The third-order valence-electron chi connectivity index (χ3n) is 5.42. The number of benzene rings is 2. The zero-order chi connectivity index (χ0) is 18.1. The van der Waals surface area contributed by atoms with E-state index in [4.69, 9.17) is 0 Å². The zero-order valence-corrected chi connectivity index (χ0v) is 15.5. The van der Waals surface area contributed by atoms with Crippen LogP contribution >= 0.6 is 0 Å². The molecule has 1 N–H and O–H groups in total. The molecule has 4 nitrogen and oxygen atoms in total. The molecule has 1 amide bonds. The first-order valence-electron chi connectivity index (χ1n) is 9.35. The first kappa shape index (κ1) is 16.7. The first-order valence-corrected chi connectivity index (χ1v) is 9.35. The van der Waals surface area contributed by atoms with Crippen LogP contribution in [-0.4, -0.2) is 23.6 Å². The van der Waals surface area contributed by atoms with E-state index in [0.717, 1.165) is 35.2 Å². The number of carbonyl (C=O) groups is 1. The molecule has 0 radical (unpaired) electrons. The standard InChI is InChI=1S/C22H25N3O/c1-16-19-8-4-5-9-20(19)24(2)21(16)22(26)23-17-10-12-18(13-11-17)25-14-6-3-7-15-25/h4-5,8-13H,3,6-7,14-15H2,1-2H3,(H,23,26). The summed E-state index contributed by atoms with van der Waals surface area (Å²) in [6, 6.07) is 16.3. The van der Waals surface area contributed by atoms with Crippen LogP contribution in [0, 0.1) is 6.92 Å². The molecule has 1 aliphatic heterocycles. The minimum absolute atomic E-state index is 0.0630. The molecule has 2 heterocycles. The highest BCUT2D eigenvalue weighted by Crippen LogP contribution is 2.26. The number of nitrogens with one attached hydrogen (secondary N) is 1. The quantitative estimate of drug-likeness (QED) is 0.744. The average molecular weight is 347 g/mol. The van der Waals surface area contributed by atoms with Crippen molar-refractivity contribution in [3.8, 4) is 0 Å². The third-order valence-corrected chi connectivity index (χ3v) is 5.42. The molecular formula is C22H25N3O. The normalized spacial score (nSPS) is 14.6. The second kappa shape index (κ2) is 6.87. The molecule has 3 aromatic rings. The molecule has 26 heavy (non-hydrogen) atoms. The summed E-state index contributed by atoms with van der Waals surface area (Å²) in [5.41, 5.74) is 4.89. The minimum atomic E-state index is -0.0630. The Bertz CT molecular complexity index is 895. The average Bonchev–Trinajstić information content (AvgIpc) is 2.94. The molecule has 0 spiro atoms. The minimum Gasteiger partial charge on any atom is -0.372 e. The number of aromatic nitrogens is 1. The summed E-state index contributed by atoms with van der Waals surface area (Å²) in [7, 11) is 1.95. The van der Waals surface area contributed by atoms with Crippen molar-refractivity contribution in [1.82, 2.24) is 4.57 Å². The van der Waals surface area contributed by atoms with Crippen LogP contribution in [0.1, 0.15) is 35.3 Å². The van der Waals surface area contributed by atoms with Crippen LogP contribution in [0.15, 0.2) is 48.5 Å². The van der Waals surface area contributed by atoms with Gasteiger partial charge in [0.15, 0.2) is 0 Å². The smallest absolute Gasteiger partial charge is 0.272 e. The highest BCUT2D eigenvalue weighted by Gasteiger charge is 2.18. The number of para-hydroxylation sites is 1. The predicted molar refractivity (Wildman–Crippen MR) is 108 cm³/mol. The van der Waals surface area contributed by atoms with Crippen LogP contribution in [-0.2, 0) is 7.05 Å². The lowest BCUT2D eigenvalue weighted by molar-refractivity contribution is 0.101. The number of rotatable bonds is 3. The summed E-state index contributed by atoms with van der Waals surface area (Å²) in [6.07, 6.45) is 3.85. The number of fused-ring (bicyclic) bond motifs is 1. The first-order chi connectivity index (χ1) is 12.6. The van der Waals surface area contributed by atoms with Crippen molar-refractivity contribution in [2.75, 3.05) is 23.3 Å². The SMILES string of the molecule is Cc1c(C(=O)Nc2ccc(N3CCCCC3)cc2)n(C)c2ccccc12. The Balaban J connectivity index is 1.55. The Morgan fingerprint density at radius 1 is 0.962 bits per heavy atom. The molecular weight excluding hydrogens is 322 g/mol. The monoisotopic (exact) mass is 347 g/mol. The van der Waals surface area contributed by atoms with E-state index in [0.29, 0.717) is 5.69 Å². The number of piperidine rings is 1. The summed E-state index contributed by atoms with van der Waals surface area (Å²) in [5, 5.41) is 4.18. The van der Waals surface area contributed by atoms with Gasteiger partial charge in [-0.05, 0) is 62.1 Å². The summed E-state index contributed by atoms with van der Waals surface area (Å²) in [5.74, 6) is -0.0630. The lowest BCUT2D eigenvalue weighted by Crippen LogP contribution is -2.29. The Morgan fingerprint density at radius 2 is 1.65 bits per heavy atom. The van der Waals surface area contributed by atoms with E-state index in [9.17, 15) is 4.79 Å². The van der Waals surface area contributed by atoms with Crippen molar-refractivity contribution < 1.29 is 4.79 Å². The van der Waals surface area contributed by atoms with Gasteiger partial charge in [-0.15, -0.1) is 0 Å². The van der Waals surface area contributed by atoms with Crippen LogP contribution in [0.25, 0.3) is 10.9 Å². The maximum Gasteiger partial charge on any atom is 0.272 e. The van der Waals surface area contributed by atoms with Gasteiger partial charge < -0.3 is 14.8 Å².